The molecular weight excluding hydrogens is 475 g/mol. The fraction of sp³-hybridized carbons (Fsp3) is 0.333. The predicted octanol–water partition coefficient (Wildman–Crippen LogP) is 4.42. The highest BCUT2D eigenvalue weighted by Crippen LogP contribution is 2.33. The third-order valence-electron chi connectivity index (χ3n) is 6.04. The molecule has 11 heteroatoms. The summed E-state index contributed by atoms with van der Waals surface area (Å²) in [6, 6.07) is 6.80. The average Bonchev–Trinajstić information content (AvgIpc) is 3.29. The van der Waals surface area contributed by atoms with Crippen LogP contribution in [0.3, 0.4) is 0 Å². The molecule has 3 aromatic heterocycles. The van der Waals surface area contributed by atoms with Crippen LogP contribution in [0.1, 0.15) is 40.3 Å². The Balaban J connectivity index is 1.68. The van der Waals surface area contributed by atoms with Crippen LogP contribution in [0, 0.1) is 6.92 Å². The predicted molar refractivity (Wildman–Crippen MR) is 131 cm³/mol. The number of aromatic carboxylic acids is 1. The van der Waals surface area contributed by atoms with Gasteiger partial charge in [-0.05, 0) is 37.6 Å². The van der Waals surface area contributed by atoms with Crippen LogP contribution in [0.5, 0.6) is 0 Å². The van der Waals surface area contributed by atoms with Crippen molar-refractivity contribution in [3.8, 4) is 0 Å². The summed E-state index contributed by atoms with van der Waals surface area (Å²) in [6.45, 7) is 5.68. The zero-order valence-electron chi connectivity index (χ0n) is 19.3. The minimum atomic E-state index is -1.18. The molecule has 0 spiro atoms. The molecule has 1 aliphatic rings. The molecule has 4 heterocycles. The molecule has 35 heavy (non-hydrogen) atoms. The quantitative estimate of drug-likeness (QED) is 0.376. The van der Waals surface area contributed by atoms with Crippen molar-refractivity contribution < 1.29 is 19.0 Å². The van der Waals surface area contributed by atoms with Gasteiger partial charge in [0.1, 0.15) is 17.5 Å². The van der Waals surface area contributed by atoms with Crippen LogP contribution in [-0.2, 0) is 11.4 Å². The Morgan fingerprint density at radius 3 is 2.74 bits per heavy atom. The lowest BCUT2D eigenvalue weighted by Gasteiger charge is -2.29. The summed E-state index contributed by atoms with van der Waals surface area (Å²) < 4.78 is 20.9. The Kier molecular flexibility index (Phi) is 6.16. The summed E-state index contributed by atoms with van der Waals surface area (Å²) >= 11 is 5.91. The Hall–Kier alpha value is -3.50. The van der Waals surface area contributed by atoms with Gasteiger partial charge in [-0.15, -0.1) is 0 Å². The lowest BCUT2D eigenvalue weighted by atomic mass is 10.0. The number of benzene rings is 1. The highest BCUT2D eigenvalue weighted by atomic mass is 35.5. The number of anilines is 2. The molecule has 1 atom stereocenters. The minimum absolute atomic E-state index is 0.101. The van der Waals surface area contributed by atoms with E-state index in [1.807, 2.05) is 30.4 Å². The Morgan fingerprint density at radius 1 is 1.26 bits per heavy atom. The maximum absolute atomic E-state index is 13.6. The molecule has 0 unspecified atom stereocenters. The molecule has 0 aliphatic carbocycles. The largest absolute Gasteiger partial charge is 0.476 e. The molecule has 2 N–H and O–H groups in total. The van der Waals surface area contributed by atoms with Crippen molar-refractivity contribution in [2.24, 2.45) is 0 Å². The highest BCUT2D eigenvalue weighted by molar-refractivity contribution is 6.29. The highest BCUT2D eigenvalue weighted by Gasteiger charge is 2.23. The number of alkyl halides is 1. The number of carboxylic acids is 1. The second-order valence-electron chi connectivity index (χ2n) is 8.52. The first kappa shape index (κ1) is 23.3. The molecular formula is C24H24ClFN6O3. The monoisotopic (exact) mass is 498 g/mol. The number of imidazole rings is 1. The molecule has 0 radical (unpaired) electrons. The second-order valence-corrected chi connectivity index (χ2v) is 8.91. The van der Waals surface area contributed by atoms with E-state index >= 15 is 0 Å². The van der Waals surface area contributed by atoms with Gasteiger partial charge < -0.3 is 20.1 Å². The molecule has 5 rings (SSSR count). The number of hydrogen-bond donors (Lipinski definition) is 2. The maximum Gasteiger partial charge on any atom is 0.356 e. The number of aromatic nitrogens is 4. The first-order valence-electron chi connectivity index (χ1n) is 11.2. The van der Waals surface area contributed by atoms with E-state index in [1.54, 1.807) is 18.3 Å². The fourth-order valence-corrected chi connectivity index (χ4v) is 4.58. The van der Waals surface area contributed by atoms with Gasteiger partial charge in [0, 0.05) is 30.2 Å². The first-order chi connectivity index (χ1) is 16.9. The first-order valence-corrected chi connectivity index (χ1v) is 11.6. The van der Waals surface area contributed by atoms with Crippen LogP contribution in [0.25, 0.3) is 16.6 Å². The number of carboxylic acid groups (broad SMARTS) is 1. The number of pyridine rings is 1. The van der Waals surface area contributed by atoms with Crippen molar-refractivity contribution in [2.45, 2.75) is 26.6 Å². The summed E-state index contributed by atoms with van der Waals surface area (Å²) in [5.74, 6) is -0.512. The van der Waals surface area contributed by atoms with Crippen LogP contribution < -0.4 is 10.2 Å². The van der Waals surface area contributed by atoms with Gasteiger partial charge in [0.25, 0.3) is 0 Å². The molecule has 0 saturated carbocycles. The topological polar surface area (TPSA) is 105 Å². The van der Waals surface area contributed by atoms with Gasteiger partial charge in [-0.1, -0.05) is 17.7 Å². The zero-order chi connectivity index (χ0) is 24.7. The van der Waals surface area contributed by atoms with E-state index in [4.69, 9.17) is 21.3 Å². The Labute approximate surface area is 205 Å². The Morgan fingerprint density at radius 2 is 2.03 bits per heavy atom. The number of ether oxygens (including phenoxy) is 1. The number of halogens is 2. The minimum Gasteiger partial charge on any atom is -0.476 e. The number of aryl methyl sites for hydroxylation is 1. The number of nitrogens with one attached hydrogen (secondary N) is 1. The molecule has 1 aromatic carbocycles. The van der Waals surface area contributed by atoms with Crippen LogP contribution >= 0.6 is 11.6 Å². The van der Waals surface area contributed by atoms with Gasteiger partial charge in [-0.2, -0.15) is 0 Å². The zero-order valence-corrected chi connectivity index (χ0v) is 20.0. The Bertz CT molecular complexity index is 1440. The van der Waals surface area contributed by atoms with Gasteiger partial charge in [-0.25, -0.2) is 24.1 Å². The molecule has 182 valence electrons. The normalized spacial score (nSPS) is 15.0. The van der Waals surface area contributed by atoms with E-state index in [-0.39, 0.29) is 16.9 Å². The number of carbonyl (C=O) groups is 1. The van der Waals surface area contributed by atoms with E-state index in [0.717, 1.165) is 16.5 Å². The number of nitrogens with zero attached hydrogens (tertiary/aromatic N) is 5. The van der Waals surface area contributed by atoms with E-state index in [9.17, 15) is 14.3 Å². The molecule has 0 amide bonds. The van der Waals surface area contributed by atoms with E-state index < -0.39 is 12.6 Å². The fourth-order valence-electron chi connectivity index (χ4n) is 4.43. The summed E-state index contributed by atoms with van der Waals surface area (Å²) in [6.07, 6.45) is 1.69. The van der Waals surface area contributed by atoms with Crippen LogP contribution in [0.15, 0.2) is 30.5 Å². The van der Waals surface area contributed by atoms with Gasteiger partial charge in [0.15, 0.2) is 5.69 Å². The lowest BCUT2D eigenvalue weighted by Crippen LogP contribution is -2.38. The summed E-state index contributed by atoms with van der Waals surface area (Å²) in [5, 5.41) is 13.7. The lowest BCUT2D eigenvalue weighted by molar-refractivity contribution is 0.0691. The van der Waals surface area contributed by atoms with E-state index in [2.05, 4.69) is 20.2 Å². The number of fused-ring (bicyclic) bond motifs is 3. The number of rotatable bonds is 6. The second kappa shape index (κ2) is 9.27. The van der Waals surface area contributed by atoms with Crippen LogP contribution in [-0.4, -0.2) is 56.7 Å². The molecule has 1 aliphatic heterocycles. The molecule has 1 fully saturated rings. The summed E-state index contributed by atoms with van der Waals surface area (Å²) in [4.78, 5) is 27.4. The van der Waals surface area contributed by atoms with Gasteiger partial charge >= 0.3 is 5.97 Å². The van der Waals surface area contributed by atoms with Crippen molar-refractivity contribution in [1.82, 2.24) is 19.4 Å². The van der Waals surface area contributed by atoms with E-state index in [1.165, 1.54) is 0 Å². The smallest absolute Gasteiger partial charge is 0.356 e. The maximum atomic E-state index is 13.6. The molecule has 4 aromatic rings. The van der Waals surface area contributed by atoms with Gasteiger partial charge in [-0.3, -0.25) is 4.40 Å². The number of morpholine rings is 1. The standard InChI is InChI=1S/C24H24ClFN6O3/c1-13-9-16(14(2)27-18-3-4-19(25)29-21(18)23(33)34)20-17(10-13)22-28-15(11-26)12-32(22)24(30-20)31-5-7-35-8-6-31/h3-4,9-10,12,14,27H,5-8,11H2,1-2H3,(H,33,34)/t14-/m1/s1. The third-order valence-corrected chi connectivity index (χ3v) is 6.25. The number of hydrogen-bond acceptors (Lipinski definition) is 7. The average molecular weight is 499 g/mol. The van der Waals surface area contributed by atoms with Crippen molar-refractivity contribution in [1.29, 1.82) is 0 Å². The van der Waals surface area contributed by atoms with Crippen molar-refractivity contribution in [3.05, 3.63) is 58.1 Å². The van der Waals surface area contributed by atoms with Gasteiger partial charge in [0.2, 0.25) is 5.95 Å². The summed E-state index contributed by atoms with van der Waals surface area (Å²) in [7, 11) is 0. The third kappa shape index (κ3) is 4.35. The van der Waals surface area contributed by atoms with Crippen LogP contribution in [0.4, 0.5) is 16.0 Å². The summed E-state index contributed by atoms with van der Waals surface area (Å²) in [5.41, 5.74) is 3.68. The van der Waals surface area contributed by atoms with Crippen LogP contribution in [0.2, 0.25) is 5.15 Å². The van der Waals surface area contributed by atoms with E-state index in [0.29, 0.717) is 54.8 Å². The van der Waals surface area contributed by atoms with Gasteiger partial charge in [0.05, 0.1) is 36.2 Å². The molecule has 9 nitrogen and oxygen atoms in total. The van der Waals surface area contributed by atoms with Crippen molar-refractivity contribution >= 4 is 45.8 Å². The SMILES string of the molecule is Cc1cc([C@@H](C)Nc2ccc(Cl)nc2C(=O)O)c2nc(N3CCOCC3)n3cc(CF)nc3c2c1. The van der Waals surface area contributed by atoms with Crippen molar-refractivity contribution in [3.63, 3.8) is 0 Å². The molecule has 1 saturated heterocycles. The van der Waals surface area contributed by atoms with Crippen molar-refractivity contribution in [2.75, 3.05) is 36.5 Å². The molecule has 0 bridgehead atoms.